The first-order chi connectivity index (χ1) is 9.58. The first-order valence-electron chi connectivity index (χ1n) is 6.62. The minimum absolute atomic E-state index is 0.0762. The summed E-state index contributed by atoms with van der Waals surface area (Å²) in [5.74, 6) is 0.373. The van der Waals surface area contributed by atoms with Crippen LogP contribution in [0.3, 0.4) is 0 Å². The van der Waals surface area contributed by atoms with Gasteiger partial charge < -0.3 is 19.7 Å². The lowest BCUT2D eigenvalue weighted by Crippen LogP contribution is -2.62. The number of carbonyl (C=O) groups is 1. The molecule has 110 valence electrons. The smallest absolute Gasteiger partial charge is 0.272 e. The van der Waals surface area contributed by atoms with Crippen molar-refractivity contribution >= 4 is 5.91 Å². The average molecular weight is 279 g/mol. The summed E-state index contributed by atoms with van der Waals surface area (Å²) in [7, 11) is 3.20. The molecule has 1 N–H and O–H groups in total. The van der Waals surface area contributed by atoms with Gasteiger partial charge in [-0.15, -0.1) is 0 Å². The SMILES string of the molecule is COC[C@]1(C)CN(C(=O)c2cccc(OC)n2)CCN1. The molecule has 6 nitrogen and oxygen atoms in total. The Bertz CT molecular complexity index is 476. The molecule has 1 aliphatic heterocycles. The summed E-state index contributed by atoms with van der Waals surface area (Å²) in [6, 6.07) is 5.21. The van der Waals surface area contributed by atoms with Gasteiger partial charge in [-0.3, -0.25) is 4.79 Å². The van der Waals surface area contributed by atoms with E-state index in [1.807, 2.05) is 0 Å². The highest BCUT2D eigenvalue weighted by Gasteiger charge is 2.33. The number of hydrogen-bond acceptors (Lipinski definition) is 5. The molecule has 1 saturated heterocycles. The Morgan fingerprint density at radius 3 is 3.00 bits per heavy atom. The summed E-state index contributed by atoms with van der Waals surface area (Å²) in [6.45, 7) is 4.61. The number of aromatic nitrogens is 1. The Hall–Kier alpha value is -1.66. The third-order valence-corrected chi connectivity index (χ3v) is 3.38. The quantitative estimate of drug-likeness (QED) is 0.871. The van der Waals surface area contributed by atoms with Crippen molar-refractivity contribution in [2.24, 2.45) is 0 Å². The number of amides is 1. The molecule has 1 amide bonds. The highest BCUT2D eigenvalue weighted by Crippen LogP contribution is 2.15. The van der Waals surface area contributed by atoms with Crippen molar-refractivity contribution in [1.82, 2.24) is 15.2 Å². The Morgan fingerprint density at radius 2 is 2.30 bits per heavy atom. The molecule has 0 bridgehead atoms. The predicted molar refractivity (Wildman–Crippen MR) is 75.0 cm³/mol. The van der Waals surface area contributed by atoms with Crippen LogP contribution in [0.1, 0.15) is 17.4 Å². The van der Waals surface area contributed by atoms with E-state index in [-0.39, 0.29) is 11.4 Å². The minimum atomic E-state index is -0.221. The van der Waals surface area contributed by atoms with Crippen LogP contribution in [0.25, 0.3) is 0 Å². The van der Waals surface area contributed by atoms with Crippen LogP contribution in [-0.4, -0.2) is 61.8 Å². The number of rotatable bonds is 4. The second-order valence-corrected chi connectivity index (χ2v) is 5.21. The summed E-state index contributed by atoms with van der Waals surface area (Å²) in [6.07, 6.45) is 0. The molecule has 0 radical (unpaired) electrons. The van der Waals surface area contributed by atoms with E-state index in [0.717, 1.165) is 6.54 Å². The van der Waals surface area contributed by atoms with Gasteiger partial charge in [-0.05, 0) is 13.0 Å². The van der Waals surface area contributed by atoms with Crippen LogP contribution in [0.2, 0.25) is 0 Å². The molecule has 1 aromatic heterocycles. The monoisotopic (exact) mass is 279 g/mol. The molecule has 2 heterocycles. The molecule has 1 aliphatic rings. The van der Waals surface area contributed by atoms with Crippen molar-refractivity contribution in [3.8, 4) is 5.88 Å². The molecule has 2 rings (SSSR count). The number of pyridine rings is 1. The molecule has 1 fully saturated rings. The Morgan fingerprint density at radius 1 is 1.50 bits per heavy atom. The van der Waals surface area contributed by atoms with Crippen LogP contribution >= 0.6 is 0 Å². The molecular formula is C14H21N3O3. The van der Waals surface area contributed by atoms with Gasteiger partial charge in [-0.2, -0.15) is 0 Å². The summed E-state index contributed by atoms with van der Waals surface area (Å²) >= 11 is 0. The lowest BCUT2D eigenvalue weighted by molar-refractivity contribution is 0.0451. The first kappa shape index (κ1) is 14.7. The van der Waals surface area contributed by atoms with Crippen LogP contribution in [0, 0.1) is 0 Å². The van der Waals surface area contributed by atoms with Gasteiger partial charge >= 0.3 is 0 Å². The Kier molecular flexibility index (Phi) is 4.57. The maximum absolute atomic E-state index is 12.5. The van der Waals surface area contributed by atoms with Gasteiger partial charge in [0.15, 0.2) is 0 Å². The van der Waals surface area contributed by atoms with Crippen molar-refractivity contribution in [2.75, 3.05) is 40.5 Å². The zero-order valence-corrected chi connectivity index (χ0v) is 12.2. The molecule has 1 aromatic rings. The second-order valence-electron chi connectivity index (χ2n) is 5.21. The number of carbonyl (C=O) groups excluding carboxylic acids is 1. The van der Waals surface area contributed by atoms with E-state index in [1.54, 1.807) is 30.2 Å². The van der Waals surface area contributed by atoms with E-state index in [2.05, 4.69) is 17.2 Å². The fourth-order valence-electron chi connectivity index (χ4n) is 2.45. The Balaban J connectivity index is 2.12. The van der Waals surface area contributed by atoms with E-state index >= 15 is 0 Å². The molecular weight excluding hydrogens is 258 g/mol. The van der Waals surface area contributed by atoms with Gasteiger partial charge in [-0.1, -0.05) is 6.07 Å². The number of nitrogens with zero attached hydrogens (tertiary/aromatic N) is 2. The molecule has 0 unspecified atom stereocenters. The third kappa shape index (κ3) is 3.26. The van der Waals surface area contributed by atoms with Gasteiger partial charge in [0.05, 0.1) is 19.3 Å². The maximum Gasteiger partial charge on any atom is 0.272 e. The van der Waals surface area contributed by atoms with Crippen LogP contribution in [0.5, 0.6) is 5.88 Å². The van der Waals surface area contributed by atoms with E-state index in [9.17, 15) is 4.79 Å². The molecule has 0 aromatic carbocycles. The van der Waals surface area contributed by atoms with E-state index in [4.69, 9.17) is 9.47 Å². The highest BCUT2D eigenvalue weighted by molar-refractivity contribution is 5.92. The molecule has 0 aliphatic carbocycles. The van der Waals surface area contributed by atoms with E-state index in [0.29, 0.717) is 31.3 Å². The molecule has 1 atom stereocenters. The first-order valence-corrected chi connectivity index (χ1v) is 6.62. The van der Waals surface area contributed by atoms with Crippen LogP contribution in [-0.2, 0) is 4.74 Å². The van der Waals surface area contributed by atoms with Gasteiger partial charge in [0.1, 0.15) is 5.69 Å². The molecule has 6 heteroatoms. The number of methoxy groups -OCH3 is 2. The highest BCUT2D eigenvalue weighted by atomic mass is 16.5. The molecule has 20 heavy (non-hydrogen) atoms. The van der Waals surface area contributed by atoms with Crippen LogP contribution in [0.15, 0.2) is 18.2 Å². The number of piperazine rings is 1. The van der Waals surface area contributed by atoms with Crippen molar-refractivity contribution in [3.05, 3.63) is 23.9 Å². The number of hydrogen-bond donors (Lipinski definition) is 1. The minimum Gasteiger partial charge on any atom is -0.481 e. The van der Waals surface area contributed by atoms with E-state index < -0.39 is 0 Å². The standard InChI is InChI=1S/C14H21N3O3/c1-14(10-19-2)9-17(8-7-15-14)13(18)11-5-4-6-12(16-11)20-3/h4-6,15H,7-10H2,1-3H3/t14-/m0/s1. The van der Waals surface area contributed by atoms with Crippen molar-refractivity contribution in [1.29, 1.82) is 0 Å². The average Bonchev–Trinajstić information content (AvgIpc) is 2.46. The summed E-state index contributed by atoms with van der Waals surface area (Å²) in [5.41, 5.74) is 0.188. The van der Waals surface area contributed by atoms with Crippen LogP contribution in [0.4, 0.5) is 0 Å². The summed E-state index contributed by atoms with van der Waals surface area (Å²) in [4.78, 5) is 18.5. The van der Waals surface area contributed by atoms with Gasteiger partial charge in [0.25, 0.3) is 5.91 Å². The van der Waals surface area contributed by atoms with E-state index in [1.165, 1.54) is 7.11 Å². The fraction of sp³-hybridized carbons (Fsp3) is 0.571. The van der Waals surface area contributed by atoms with Gasteiger partial charge in [0, 0.05) is 32.8 Å². The zero-order valence-electron chi connectivity index (χ0n) is 12.2. The normalized spacial score (nSPS) is 22.6. The largest absolute Gasteiger partial charge is 0.481 e. The summed E-state index contributed by atoms with van der Waals surface area (Å²) in [5, 5.41) is 3.39. The summed E-state index contributed by atoms with van der Waals surface area (Å²) < 4.78 is 10.3. The second kappa shape index (κ2) is 6.19. The van der Waals surface area contributed by atoms with Gasteiger partial charge in [0.2, 0.25) is 5.88 Å². The van der Waals surface area contributed by atoms with Crippen molar-refractivity contribution < 1.29 is 14.3 Å². The fourth-order valence-corrected chi connectivity index (χ4v) is 2.45. The third-order valence-electron chi connectivity index (χ3n) is 3.38. The van der Waals surface area contributed by atoms with Crippen LogP contribution < -0.4 is 10.1 Å². The zero-order chi connectivity index (χ0) is 14.6. The maximum atomic E-state index is 12.5. The van der Waals surface area contributed by atoms with Gasteiger partial charge in [-0.25, -0.2) is 4.98 Å². The van der Waals surface area contributed by atoms with Crippen molar-refractivity contribution in [3.63, 3.8) is 0 Å². The Labute approximate surface area is 119 Å². The molecule has 0 spiro atoms. The lowest BCUT2D eigenvalue weighted by Gasteiger charge is -2.40. The topological polar surface area (TPSA) is 63.7 Å². The molecule has 0 saturated carbocycles. The van der Waals surface area contributed by atoms with Crippen molar-refractivity contribution in [2.45, 2.75) is 12.5 Å². The number of ether oxygens (including phenoxy) is 2. The predicted octanol–water partition coefficient (Wildman–Crippen LogP) is 0.541. The number of nitrogens with one attached hydrogen (secondary N) is 1. The lowest BCUT2D eigenvalue weighted by atomic mass is 10.00.